The molecule has 1 aromatic heterocycles. The maximum absolute atomic E-state index is 9.51. The maximum atomic E-state index is 9.51. The zero-order chi connectivity index (χ0) is 14.4. The van der Waals surface area contributed by atoms with Crippen LogP contribution in [0.4, 0.5) is 0 Å². The summed E-state index contributed by atoms with van der Waals surface area (Å²) in [6, 6.07) is 10.7. The third-order valence-electron chi connectivity index (χ3n) is 3.42. The highest BCUT2D eigenvalue weighted by atomic mass is 16.3. The highest BCUT2D eigenvalue weighted by Crippen LogP contribution is 2.09. The Morgan fingerprint density at radius 3 is 2.65 bits per heavy atom. The molecule has 0 saturated heterocycles. The number of hydrogen-bond donors (Lipinski definition) is 2. The van der Waals surface area contributed by atoms with Gasteiger partial charge in [-0.1, -0.05) is 30.3 Å². The van der Waals surface area contributed by atoms with E-state index in [1.807, 2.05) is 30.7 Å². The number of aliphatic hydroxyl groups is 1. The summed E-state index contributed by atoms with van der Waals surface area (Å²) in [5, 5.41) is 12.9. The van der Waals surface area contributed by atoms with Crippen LogP contribution < -0.4 is 5.32 Å². The molecule has 0 spiro atoms. The number of aliphatic hydroxyl groups excluding tert-OH is 1. The van der Waals surface area contributed by atoms with Gasteiger partial charge in [0, 0.05) is 24.8 Å². The van der Waals surface area contributed by atoms with Crippen LogP contribution in [0.1, 0.15) is 31.1 Å². The third-order valence-corrected chi connectivity index (χ3v) is 3.42. The van der Waals surface area contributed by atoms with Crippen molar-refractivity contribution >= 4 is 0 Å². The smallest absolute Gasteiger partial charge is 0.0951 e. The average Bonchev–Trinajstić information content (AvgIpc) is 2.93. The Balaban J connectivity index is 1.92. The summed E-state index contributed by atoms with van der Waals surface area (Å²) in [5.74, 6) is 0. The second-order valence-corrected chi connectivity index (χ2v) is 5.34. The first kappa shape index (κ1) is 14.8. The van der Waals surface area contributed by atoms with E-state index < -0.39 is 0 Å². The predicted octanol–water partition coefficient (Wildman–Crippen LogP) is 2.16. The van der Waals surface area contributed by atoms with Gasteiger partial charge in [-0.2, -0.15) is 0 Å². The zero-order valence-corrected chi connectivity index (χ0v) is 12.2. The number of nitrogens with zero attached hydrogens (tertiary/aromatic N) is 2. The van der Waals surface area contributed by atoms with Crippen LogP contribution in [0.3, 0.4) is 0 Å². The molecule has 0 aliphatic carbocycles. The van der Waals surface area contributed by atoms with Crippen molar-refractivity contribution in [2.75, 3.05) is 6.61 Å². The van der Waals surface area contributed by atoms with Crippen molar-refractivity contribution in [3.63, 3.8) is 0 Å². The molecular formula is C16H23N3O. The van der Waals surface area contributed by atoms with Crippen molar-refractivity contribution < 1.29 is 5.11 Å². The number of hydrogen-bond acceptors (Lipinski definition) is 3. The summed E-state index contributed by atoms with van der Waals surface area (Å²) in [5.41, 5.74) is 2.38. The molecule has 0 fully saturated rings. The second-order valence-electron chi connectivity index (χ2n) is 5.34. The molecule has 2 N–H and O–H groups in total. The van der Waals surface area contributed by atoms with Gasteiger partial charge in [-0.3, -0.25) is 0 Å². The molecule has 2 rings (SSSR count). The van der Waals surface area contributed by atoms with E-state index in [1.54, 1.807) is 0 Å². The molecule has 4 heteroatoms. The van der Waals surface area contributed by atoms with Crippen LogP contribution in [0.25, 0.3) is 0 Å². The van der Waals surface area contributed by atoms with E-state index >= 15 is 0 Å². The quantitative estimate of drug-likeness (QED) is 0.813. The van der Waals surface area contributed by atoms with E-state index in [2.05, 4.69) is 40.8 Å². The fraction of sp³-hybridized carbons (Fsp3) is 0.438. The van der Waals surface area contributed by atoms with Gasteiger partial charge in [0.25, 0.3) is 0 Å². The van der Waals surface area contributed by atoms with Crippen molar-refractivity contribution in [2.24, 2.45) is 0 Å². The first-order chi connectivity index (χ1) is 9.70. The van der Waals surface area contributed by atoms with E-state index in [9.17, 15) is 5.11 Å². The molecule has 4 nitrogen and oxygen atoms in total. The van der Waals surface area contributed by atoms with Crippen LogP contribution in [0, 0.1) is 0 Å². The van der Waals surface area contributed by atoms with Crippen molar-refractivity contribution in [1.29, 1.82) is 0 Å². The molecule has 0 bridgehead atoms. The summed E-state index contributed by atoms with van der Waals surface area (Å²) in [6.45, 7) is 5.12. The molecule has 0 aliphatic rings. The fourth-order valence-electron chi connectivity index (χ4n) is 2.28. The van der Waals surface area contributed by atoms with Gasteiger partial charge >= 0.3 is 0 Å². The number of imidazole rings is 1. The lowest BCUT2D eigenvalue weighted by atomic mass is 10.1. The predicted molar refractivity (Wildman–Crippen MR) is 80.5 cm³/mol. The molecule has 0 amide bonds. The number of aromatic nitrogens is 2. The van der Waals surface area contributed by atoms with E-state index in [-0.39, 0.29) is 12.6 Å². The number of benzene rings is 1. The van der Waals surface area contributed by atoms with Crippen LogP contribution >= 0.6 is 0 Å². The average molecular weight is 273 g/mol. The molecule has 0 aliphatic heterocycles. The molecule has 0 radical (unpaired) electrons. The van der Waals surface area contributed by atoms with Gasteiger partial charge in [0.2, 0.25) is 0 Å². The maximum Gasteiger partial charge on any atom is 0.0951 e. The van der Waals surface area contributed by atoms with Crippen molar-refractivity contribution in [1.82, 2.24) is 14.9 Å². The Bertz CT molecular complexity index is 507. The minimum Gasteiger partial charge on any atom is -0.395 e. The monoisotopic (exact) mass is 273 g/mol. The van der Waals surface area contributed by atoms with Crippen LogP contribution in [-0.2, 0) is 13.0 Å². The van der Waals surface area contributed by atoms with Crippen molar-refractivity contribution in [3.05, 3.63) is 54.1 Å². The minimum absolute atomic E-state index is 0.0629. The van der Waals surface area contributed by atoms with Crippen LogP contribution in [0.5, 0.6) is 0 Å². The Hall–Kier alpha value is -1.65. The Labute approximate surface area is 120 Å². The van der Waals surface area contributed by atoms with Gasteiger partial charge < -0.3 is 15.0 Å². The van der Waals surface area contributed by atoms with Crippen LogP contribution in [0.2, 0.25) is 0 Å². The first-order valence-corrected chi connectivity index (χ1v) is 7.09. The molecule has 1 heterocycles. The highest BCUT2D eigenvalue weighted by Gasteiger charge is 2.10. The van der Waals surface area contributed by atoms with Gasteiger partial charge in [-0.05, 0) is 25.8 Å². The summed E-state index contributed by atoms with van der Waals surface area (Å²) in [4.78, 5) is 4.19. The molecule has 20 heavy (non-hydrogen) atoms. The standard InChI is InChI=1S/C16H23N3O/c1-13(2)19-12-17-9-16(19)10-18-15(11-20)8-14-6-4-3-5-7-14/h3-7,9,12-13,15,18,20H,8,10-11H2,1-2H3. The Kier molecular flexibility index (Phi) is 5.32. The number of rotatable bonds is 7. The SMILES string of the molecule is CC(C)n1cncc1CNC(CO)Cc1ccccc1. The van der Waals surface area contributed by atoms with E-state index in [0.717, 1.165) is 18.7 Å². The molecular weight excluding hydrogens is 250 g/mol. The molecule has 108 valence electrons. The summed E-state index contributed by atoms with van der Waals surface area (Å²) in [7, 11) is 0. The van der Waals surface area contributed by atoms with Gasteiger partial charge in [-0.25, -0.2) is 4.98 Å². The lowest BCUT2D eigenvalue weighted by molar-refractivity contribution is 0.240. The molecule has 0 saturated carbocycles. The Morgan fingerprint density at radius 1 is 1.25 bits per heavy atom. The van der Waals surface area contributed by atoms with E-state index in [0.29, 0.717) is 6.04 Å². The summed E-state index contributed by atoms with van der Waals surface area (Å²) >= 11 is 0. The van der Waals surface area contributed by atoms with E-state index in [4.69, 9.17) is 0 Å². The van der Waals surface area contributed by atoms with Crippen molar-refractivity contribution in [3.8, 4) is 0 Å². The molecule has 2 aromatic rings. The van der Waals surface area contributed by atoms with Gasteiger partial charge in [0.15, 0.2) is 0 Å². The lowest BCUT2D eigenvalue weighted by Gasteiger charge is -2.18. The third kappa shape index (κ3) is 3.92. The lowest BCUT2D eigenvalue weighted by Crippen LogP contribution is -2.34. The largest absolute Gasteiger partial charge is 0.395 e. The van der Waals surface area contributed by atoms with Gasteiger partial charge in [-0.15, -0.1) is 0 Å². The fourth-order valence-corrected chi connectivity index (χ4v) is 2.28. The highest BCUT2D eigenvalue weighted by molar-refractivity contribution is 5.16. The van der Waals surface area contributed by atoms with Gasteiger partial charge in [0.05, 0.1) is 18.6 Å². The second kappa shape index (κ2) is 7.22. The van der Waals surface area contributed by atoms with Crippen LogP contribution in [0.15, 0.2) is 42.9 Å². The molecule has 1 unspecified atom stereocenters. The molecule has 1 atom stereocenters. The Morgan fingerprint density at radius 2 is 2.00 bits per heavy atom. The summed E-state index contributed by atoms with van der Waals surface area (Å²) < 4.78 is 2.14. The van der Waals surface area contributed by atoms with E-state index in [1.165, 1.54) is 5.56 Å². The van der Waals surface area contributed by atoms with Crippen LogP contribution in [-0.4, -0.2) is 27.3 Å². The van der Waals surface area contributed by atoms with Gasteiger partial charge in [0.1, 0.15) is 0 Å². The first-order valence-electron chi connectivity index (χ1n) is 7.09. The van der Waals surface area contributed by atoms with Crippen molar-refractivity contribution in [2.45, 2.75) is 38.9 Å². The zero-order valence-electron chi connectivity index (χ0n) is 12.2. The topological polar surface area (TPSA) is 50.1 Å². The molecule has 1 aromatic carbocycles. The minimum atomic E-state index is 0.0629. The normalized spacial score (nSPS) is 12.8. The summed E-state index contributed by atoms with van der Waals surface area (Å²) in [6.07, 6.45) is 4.56. The number of nitrogens with one attached hydrogen (secondary N) is 1.